The minimum atomic E-state index is -4.36. The third kappa shape index (κ3) is 4.41. The second-order valence-electron chi connectivity index (χ2n) is 4.50. The monoisotopic (exact) mass is 314 g/mol. The van der Waals surface area contributed by atoms with Crippen molar-refractivity contribution in [1.82, 2.24) is 0 Å². The van der Waals surface area contributed by atoms with Crippen LogP contribution in [0.3, 0.4) is 0 Å². The van der Waals surface area contributed by atoms with Crippen molar-refractivity contribution in [1.29, 1.82) is 0 Å². The molecule has 1 atom stereocenters. The van der Waals surface area contributed by atoms with Crippen LogP contribution in [-0.2, 0) is 28.0 Å². The van der Waals surface area contributed by atoms with Crippen molar-refractivity contribution >= 4 is 11.1 Å². The van der Waals surface area contributed by atoms with Gasteiger partial charge in [0.1, 0.15) is 0 Å². The van der Waals surface area contributed by atoms with E-state index in [-0.39, 0.29) is 6.61 Å². The maximum Gasteiger partial charge on any atom is 0.416 e. The number of alkyl halides is 3. The molecule has 0 aromatic heterocycles. The van der Waals surface area contributed by atoms with Crippen molar-refractivity contribution in [3.05, 3.63) is 65.2 Å². The summed E-state index contributed by atoms with van der Waals surface area (Å²) in [5.74, 6) is 0. The molecule has 21 heavy (non-hydrogen) atoms. The van der Waals surface area contributed by atoms with E-state index in [0.717, 1.165) is 17.7 Å². The summed E-state index contributed by atoms with van der Waals surface area (Å²) < 4.78 is 54.3. The van der Waals surface area contributed by atoms with Gasteiger partial charge in [0, 0.05) is 0 Å². The summed E-state index contributed by atoms with van der Waals surface area (Å²) >= 11 is -1.64. The molecule has 0 heterocycles. The average molecular weight is 314 g/mol. The van der Waals surface area contributed by atoms with Crippen LogP contribution in [0.15, 0.2) is 53.4 Å². The average Bonchev–Trinajstić information content (AvgIpc) is 2.45. The van der Waals surface area contributed by atoms with Gasteiger partial charge in [-0.25, -0.2) is 4.21 Å². The van der Waals surface area contributed by atoms with Crippen LogP contribution in [0.25, 0.3) is 0 Å². The SMILES string of the molecule is Cc1ccc(S(=O)OCc2ccc(C(F)(F)F)cc2)cc1. The Morgan fingerprint density at radius 2 is 1.57 bits per heavy atom. The molecule has 0 aliphatic heterocycles. The molecule has 2 rings (SSSR count). The van der Waals surface area contributed by atoms with Crippen LogP contribution in [0, 0.1) is 6.92 Å². The van der Waals surface area contributed by atoms with E-state index in [1.807, 2.05) is 19.1 Å². The van der Waals surface area contributed by atoms with Crippen LogP contribution >= 0.6 is 0 Å². The Morgan fingerprint density at radius 3 is 2.10 bits per heavy atom. The van der Waals surface area contributed by atoms with Crippen molar-refractivity contribution in [2.24, 2.45) is 0 Å². The first-order valence-corrected chi connectivity index (χ1v) is 7.21. The first kappa shape index (κ1) is 15.7. The van der Waals surface area contributed by atoms with Gasteiger partial charge in [-0.3, -0.25) is 4.18 Å². The van der Waals surface area contributed by atoms with E-state index >= 15 is 0 Å². The van der Waals surface area contributed by atoms with Crippen molar-refractivity contribution in [2.45, 2.75) is 24.6 Å². The molecule has 0 saturated heterocycles. The molecule has 0 saturated carbocycles. The van der Waals surface area contributed by atoms with E-state index in [0.29, 0.717) is 10.5 Å². The van der Waals surface area contributed by atoms with Gasteiger partial charge < -0.3 is 0 Å². The lowest BCUT2D eigenvalue weighted by molar-refractivity contribution is -0.137. The zero-order valence-electron chi connectivity index (χ0n) is 11.2. The summed E-state index contributed by atoms with van der Waals surface area (Å²) in [6.07, 6.45) is -4.36. The Labute approximate surface area is 123 Å². The van der Waals surface area contributed by atoms with Gasteiger partial charge in [-0.1, -0.05) is 29.8 Å². The molecule has 112 valence electrons. The smallest absolute Gasteiger partial charge is 0.282 e. The molecule has 0 N–H and O–H groups in total. The van der Waals surface area contributed by atoms with E-state index in [1.165, 1.54) is 12.1 Å². The predicted molar refractivity (Wildman–Crippen MR) is 73.8 cm³/mol. The Morgan fingerprint density at radius 1 is 1.00 bits per heavy atom. The first-order chi connectivity index (χ1) is 9.86. The van der Waals surface area contributed by atoms with E-state index in [1.54, 1.807) is 12.1 Å². The number of hydrogen-bond donors (Lipinski definition) is 0. The molecule has 0 aliphatic rings. The molecule has 2 aromatic rings. The van der Waals surface area contributed by atoms with Crippen LogP contribution in [-0.4, -0.2) is 4.21 Å². The van der Waals surface area contributed by atoms with Crippen molar-refractivity contribution in [3.63, 3.8) is 0 Å². The molecule has 2 nitrogen and oxygen atoms in total. The summed E-state index contributed by atoms with van der Waals surface area (Å²) in [6, 6.07) is 11.6. The van der Waals surface area contributed by atoms with Gasteiger partial charge in [0.15, 0.2) is 11.1 Å². The van der Waals surface area contributed by atoms with Crippen LogP contribution < -0.4 is 0 Å². The Bertz CT molecular complexity index is 619. The fraction of sp³-hybridized carbons (Fsp3) is 0.200. The molecule has 0 fully saturated rings. The highest BCUT2D eigenvalue weighted by Gasteiger charge is 2.29. The van der Waals surface area contributed by atoms with Gasteiger partial charge in [0.25, 0.3) is 0 Å². The molecule has 0 spiro atoms. The largest absolute Gasteiger partial charge is 0.416 e. The van der Waals surface area contributed by atoms with Crippen LogP contribution in [0.4, 0.5) is 13.2 Å². The Kier molecular flexibility index (Phi) is 4.80. The van der Waals surface area contributed by atoms with Crippen LogP contribution in [0.2, 0.25) is 0 Å². The molecule has 0 amide bonds. The first-order valence-electron chi connectivity index (χ1n) is 6.14. The third-order valence-electron chi connectivity index (χ3n) is 2.83. The summed E-state index contributed by atoms with van der Waals surface area (Å²) in [7, 11) is 0. The zero-order chi connectivity index (χ0) is 15.5. The lowest BCUT2D eigenvalue weighted by Crippen LogP contribution is -2.05. The van der Waals surface area contributed by atoms with Gasteiger partial charge in [-0.2, -0.15) is 13.2 Å². The second kappa shape index (κ2) is 6.41. The minimum Gasteiger partial charge on any atom is -0.282 e. The summed E-state index contributed by atoms with van der Waals surface area (Å²) in [4.78, 5) is 0.521. The number of halogens is 3. The molecular formula is C15H13F3O2S. The molecule has 1 unspecified atom stereocenters. The highest BCUT2D eigenvalue weighted by Crippen LogP contribution is 2.29. The summed E-state index contributed by atoms with van der Waals surface area (Å²) in [6.45, 7) is 1.90. The lowest BCUT2D eigenvalue weighted by atomic mass is 10.1. The fourth-order valence-corrected chi connectivity index (χ4v) is 2.37. The lowest BCUT2D eigenvalue weighted by Gasteiger charge is -2.08. The zero-order valence-corrected chi connectivity index (χ0v) is 12.0. The van der Waals surface area contributed by atoms with Gasteiger partial charge in [-0.15, -0.1) is 0 Å². The maximum atomic E-state index is 12.4. The molecule has 0 aliphatic carbocycles. The molecule has 2 aromatic carbocycles. The van der Waals surface area contributed by atoms with Crippen LogP contribution in [0.1, 0.15) is 16.7 Å². The second-order valence-corrected chi connectivity index (χ2v) is 5.68. The normalized spacial score (nSPS) is 13.1. The molecular weight excluding hydrogens is 301 g/mol. The minimum absolute atomic E-state index is 0.0153. The van der Waals surface area contributed by atoms with E-state index in [9.17, 15) is 17.4 Å². The highest BCUT2D eigenvalue weighted by molar-refractivity contribution is 7.80. The predicted octanol–water partition coefficient (Wildman–Crippen LogP) is 4.25. The maximum absolute atomic E-state index is 12.4. The molecule has 0 radical (unpaired) electrons. The van der Waals surface area contributed by atoms with E-state index < -0.39 is 22.8 Å². The quantitative estimate of drug-likeness (QED) is 0.843. The van der Waals surface area contributed by atoms with Crippen LogP contribution in [0.5, 0.6) is 0 Å². The molecule has 6 heteroatoms. The van der Waals surface area contributed by atoms with Gasteiger partial charge >= 0.3 is 6.18 Å². The molecule has 0 bridgehead atoms. The Balaban J connectivity index is 1.97. The summed E-state index contributed by atoms with van der Waals surface area (Å²) in [5.41, 5.74) is 0.854. The van der Waals surface area contributed by atoms with E-state index in [4.69, 9.17) is 4.18 Å². The number of rotatable bonds is 4. The Hall–Kier alpha value is -1.66. The van der Waals surface area contributed by atoms with Gasteiger partial charge in [-0.05, 0) is 36.8 Å². The van der Waals surface area contributed by atoms with Gasteiger partial charge in [0.2, 0.25) is 0 Å². The number of benzene rings is 2. The number of hydrogen-bond acceptors (Lipinski definition) is 2. The highest BCUT2D eigenvalue weighted by atomic mass is 32.2. The van der Waals surface area contributed by atoms with Crippen molar-refractivity contribution < 1.29 is 21.6 Å². The topological polar surface area (TPSA) is 26.3 Å². The fourth-order valence-electron chi connectivity index (χ4n) is 1.63. The number of aryl methyl sites for hydroxylation is 1. The van der Waals surface area contributed by atoms with Gasteiger partial charge in [0.05, 0.1) is 17.1 Å². The third-order valence-corrected chi connectivity index (χ3v) is 3.82. The summed E-state index contributed by atoms with van der Waals surface area (Å²) in [5, 5.41) is 0. The standard InChI is InChI=1S/C15H13F3O2S/c1-11-2-8-14(9-3-11)21(19)20-10-12-4-6-13(7-5-12)15(16,17)18/h2-9H,10H2,1H3. The van der Waals surface area contributed by atoms with E-state index in [2.05, 4.69) is 0 Å². The van der Waals surface area contributed by atoms with Crippen molar-refractivity contribution in [3.8, 4) is 0 Å². The van der Waals surface area contributed by atoms with Crippen molar-refractivity contribution in [2.75, 3.05) is 0 Å².